The van der Waals surface area contributed by atoms with E-state index in [0.29, 0.717) is 6.54 Å². The third-order valence-electron chi connectivity index (χ3n) is 3.29. The molecule has 0 aliphatic carbocycles. The molecule has 0 spiro atoms. The van der Waals surface area contributed by atoms with Crippen LogP contribution >= 0.6 is 0 Å². The molecule has 0 heterocycles. The van der Waals surface area contributed by atoms with E-state index in [-0.39, 0.29) is 5.82 Å². The van der Waals surface area contributed by atoms with Gasteiger partial charge < -0.3 is 10.6 Å². The standard InChI is InChI=1S/C16H19FN2/c1-3-19(16-6-4-5-15(18)10-16)11-13-9-14(17)8-7-12(13)2/h4-10H,3,11,18H2,1-2H3. The second-order valence-corrected chi connectivity index (χ2v) is 4.68. The third-order valence-corrected chi connectivity index (χ3v) is 3.29. The van der Waals surface area contributed by atoms with E-state index in [1.807, 2.05) is 37.3 Å². The Balaban J connectivity index is 2.26. The molecule has 2 rings (SSSR count). The van der Waals surface area contributed by atoms with Crippen molar-refractivity contribution in [3.63, 3.8) is 0 Å². The molecule has 0 radical (unpaired) electrons. The highest BCUT2D eigenvalue weighted by Gasteiger charge is 2.08. The van der Waals surface area contributed by atoms with Gasteiger partial charge in [0.1, 0.15) is 5.82 Å². The van der Waals surface area contributed by atoms with Gasteiger partial charge >= 0.3 is 0 Å². The van der Waals surface area contributed by atoms with E-state index in [1.165, 1.54) is 6.07 Å². The van der Waals surface area contributed by atoms with Gasteiger partial charge in [0.25, 0.3) is 0 Å². The summed E-state index contributed by atoms with van der Waals surface area (Å²) in [5.41, 5.74) is 9.72. The molecular formula is C16H19FN2. The molecule has 0 saturated carbocycles. The summed E-state index contributed by atoms with van der Waals surface area (Å²) in [5.74, 6) is -0.191. The minimum atomic E-state index is -0.191. The highest BCUT2D eigenvalue weighted by molar-refractivity contribution is 5.56. The van der Waals surface area contributed by atoms with Crippen LogP contribution in [0.2, 0.25) is 0 Å². The minimum absolute atomic E-state index is 0.191. The fraction of sp³-hybridized carbons (Fsp3) is 0.250. The molecule has 2 aromatic rings. The molecule has 0 fully saturated rings. The van der Waals surface area contributed by atoms with Crippen LogP contribution in [0.15, 0.2) is 42.5 Å². The Morgan fingerprint density at radius 2 is 1.95 bits per heavy atom. The number of rotatable bonds is 4. The van der Waals surface area contributed by atoms with Crippen LogP contribution in [-0.4, -0.2) is 6.54 Å². The maximum Gasteiger partial charge on any atom is 0.123 e. The number of benzene rings is 2. The van der Waals surface area contributed by atoms with Crippen molar-refractivity contribution in [2.75, 3.05) is 17.2 Å². The molecule has 3 heteroatoms. The van der Waals surface area contributed by atoms with Crippen molar-refractivity contribution in [1.82, 2.24) is 0 Å². The fourth-order valence-electron chi connectivity index (χ4n) is 2.12. The molecule has 2 N–H and O–H groups in total. The maximum absolute atomic E-state index is 13.3. The fourth-order valence-corrected chi connectivity index (χ4v) is 2.12. The van der Waals surface area contributed by atoms with Gasteiger partial charge in [-0.2, -0.15) is 0 Å². The van der Waals surface area contributed by atoms with E-state index in [0.717, 1.165) is 29.0 Å². The Labute approximate surface area is 113 Å². The number of nitrogen functional groups attached to an aromatic ring is 1. The first kappa shape index (κ1) is 13.4. The molecule has 100 valence electrons. The molecule has 19 heavy (non-hydrogen) atoms. The first-order valence-corrected chi connectivity index (χ1v) is 6.45. The number of nitrogens with zero attached hydrogens (tertiary/aromatic N) is 1. The van der Waals surface area contributed by atoms with Crippen molar-refractivity contribution in [2.45, 2.75) is 20.4 Å². The van der Waals surface area contributed by atoms with E-state index in [9.17, 15) is 4.39 Å². The SMILES string of the molecule is CCN(Cc1cc(F)ccc1C)c1cccc(N)c1. The van der Waals surface area contributed by atoms with Crippen molar-refractivity contribution in [3.05, 3.63) is 59.4 Å². The Hall–Kier alpha value is -2.03. The summed E-state index contributed by atoms with van der Waals surface area (Å²) < 4.78 is 13.3. The molecule has 0 saturated heterocycles. The minimum Gasteiger partial charge on any atom is -0.399 e. The lowest BCUT2D eigenvalue weighted by molar-refractivity contribution is 0.624. The number of nitrogens with two attached hydrogens (primary N) is 1. The third kappa shape index (κ3) is 3.25. The second-order valence-electron chi connectivity index (χ2n) is 4.68. The Bertz CT molecular complexity index is 566. The Kier molecular flexibility index (Phi) is 4.05. The largest absolute Gasteiger partial charge is 0.399 e. The van der Waals surface area contributed by atoms with Crippen molar-refractivity contribution >= 4 is 11.4 Å². The van der Waals surface area contributed by atoms with E-state index in [2.05, 4.69) is 11.8 Å². The van der Waals surface area contributed by atoms with Crippen molar-refractivity contribution in [1.29, 1.82) is 0 Å². The zero-order valence-electron chi connectivity index (χ0n) is 11.4. The molecule has 0 bridgehead atoms. The van der Waals surface area contributed by atoms with Crippen LogP contribution in [0.4, 0.5) is 15.8 Å². The molecule has 0 unspecified atom stereocenters. The van der Waals surface area contributed by atoms with E-state index >= 15 is 0 Å². The topological polar surface area (TPSA) is 29.3 Å². The van der Waals surface area contributed by atoms with E-state index < -0.39 is 0 Å². The highest BCUT2D eigenvalue weighted by Crippen LogP contribution is 2.21. The molecule has 0 atom stereocenters. The zero-order valence-corrected chi connectivity index (χ0v) is 11.4. The lowest BCUT2D eigenvalue weighted by atomic mass is 10.1. The van der Waals surface area contributed by atoms with Gasteiger partial charge in [-0.15, -0.1) is 0 Å². The normalized spacial score (nSPS) is 10.5. The maximum atomic E-state index is 13.3. The van der Waals surface area contributed by atoms with Gasteiger partial charge in [-0.3, -0.25) is 0 Å². The summed E-state index contributed by atoms with van der Waals surface area (Å²) in [7, 11) is 0. The predicted octanol–water partition coefficient (Wildman–Crippen LogP) is 3.74. The van der Waals surface area contributed by atoms with Gasteiger partial charge in [0.15, 0.2) is 0 Å². The monoisotopic (exact) mass is 258 g/mol. The number of hydrogen-bond donors (Lipinski definition) is 1. The molecule has 0 amide bonds. The lowest BCUT2D eigenvalue weighted by Gasteiger charge is -2.24. The van der Waals surface area contributed by atoms with Gasteiger partial charge in [0, 0.05) is 24.5 Å². The summed E-state index contributed by atoms with van der Waals surface area (Å²) in [6.45, 7) is 5.61. The number of aryl methyl sites for hydroxylation is 1. The van der Waals surface area contributed by atoms with Gasteiger partial charge in [-0.1, -0.05) is 12.1 Å². The predicted molar refractivity (Wildman–Crippen MR) is 78.7 cm³/mol. The van der Waals surface area contributed by atoms with Crippen LogP contribution in [0, 0.1) is 12.7 Å². The van der Waals surface area contributed by atoms with E-state index in [4.69, 9.17) is 5.73 Å². The van der Waals surface area contributed by atoms with Gasteiger partial charge in [-0.25, -0.2) is 4.39 Å². The van der Waals surface area contributed by atoms with Crippen LogP contribution in [-0.2, 0) is 6.54 Å². The van der Waals surface area contributed by atoms with Crippen molar-refractivity contribution in [3.8, 4) is 0 Å². The van der Waals surface area contributed by atoms with Crippen LogP contribution < -0.4 is 10.6 Å². The highest BCUT2D eigenvalue weighted by atomic mass is 19.1. The summed E-state index contributed by atoms with van der Waals surface area (Å²) in [5, 5.41) is 0. The van der Waals surface area contributed by atoms with Gasteiger partial charge in [0.05, 0.1) is 0 Å². The lowest BCUT2D eigenvalue weighted by Crippen LogP contribution is -2.22. The van der Waals surface area contributed by atoms with E-state index in [1.54, 1.807) is 6.07 Å². The Morgan fingerprint density at radius 3 is 2.63 bits per heavy atom. The zero-order chi connectivity index (χ0) is 13.8. The molecule has 2 aromatic carbocycles. The smallest absolute Gasteiger partial charge is 0.123 e. The average Bonchev–Trinajstić information content (AvgIpc) is 2.39. The summed E-state index contributed by atoms with van der Waals surface area (Å²) in [6, 6.07) is 12.7. The first-order valence-electron chi connectivity index (χ1n) is 6.45. The number of halogens is 1. The van der Waals surface area contributed by atoms with Crippen LogP contribution in [0.3, 0.4) is 0 Å². The number of anilines is 2. The molecule has 0 aliphatic rings. The second kappa shape index (κ2) is 5.74. The van der Waals surface area contributed by atoms with Crippen LogP contribution in [0.1, 0.15) is 18.1 Å². The molecule has 2 nitrogen and oxygen atoms in total. The van der Waals surface area contributed by atoms with Crippen molar-refractivity contribution < 1.29 is 4.39 Å². The number of hydrogen-bond acceptors (Lipinski definition) is 2. The first-order chi connectivity index (χ1) is 9.10. The summed E-state index contributed by atoms with van der Waals surface area (Å²) in [4.78, 5) is 2.18. The Morgan fingerprint density at radius 1 is 1.16 bits per heavy atom. The molecule has 0 aliphatic heterocycles. The van der Waals surface area contributed by atoms with Gasteiger partial charge in [-0.05, 0) is 55.3 Å². The molecule has 0 aromatic heterocycles. The summed E-state index contributed by atoms with van der Waals surface area (Å²) >= 11 is 0. The van der Waals surface area contributed by atoms with Gasteiger partial charge in [0.2, 0.25) is 0 Å². The van der Waals surface area contributed by atoms with Crippen molar-refractivity contribution in [2.24, 2.45) is 0 Å². The van der Waals surface area contributed by atoms with Crippen LogP contribution in [0.5, 0.6) is 0 Å². The average molecular weight is 258 g/mol. The quantitative estimate of drug-likeness (QED) is 0.846. The summed E-state index contributed by atoms with van der Waals surface area (Å²) in [6.07, 6.45) is 0. The van der Waals surface area contributed by atoms with Crippen LogP contribution in [0.25, 0.3) is 0 Å². The molecular weight excluding hydrogens is 239 g/mol.